The first-order chi connectivity index (χ1) is 12.2. The lowest BCUT2D eigenvalue weighted by Gasteiger charge is -2.18. The highest BCUT2D eigenvalue weighted by molar-refractivity contribution is 5.95. The fourth-order valence-corrected chi connectivity index (χ4v) is 3.60. The number of carbonyl (C=O) groups excluding carboxylic acids is 1. The van der Waals surface area contributed by atoms with Gasteiger partial charge in [0.15, 0.2) is 0 Å². The molecule has 1 amide bonds. The van der Waals surface area contributed by atoms with Crippen molar-refractivity contribution in [2.24, 2.45) is 0 Å². The molecule has 1 N–H and O–H groups in total. The Morgan fingerprint density at radius 3 is 2.76 bits per heavy atom. The highest BCUT2D eigenvalue weighted by Crippen LogP contribution is 2.27. The van der Waals surface area contributed by atoms with E-state index in [-0.39, 0.29) is 11.9 Å². The molecule has 4 heteroatoms. The van der Waals surface area contributed by atoms with Crippen LogP contribution in [-0.2, 0) is 17.8 Å². The third kappa shape index (κ3) is 3.40. The van der Waals surface area contributed by atoms with Gasteiger partial charge in [-0.25, -0.2) is 0 Å². The number of hydrogen-bond acceptors (Lipinski definition) is 3. The number of amides is 1. The highest BCUT2D eigenvalue weighted by Gasteiger charge is 2.21. The smallest absolute Gasteiger partial charge is 0.227 e. The number of hydrogen-bond donors (Lipinski definition) is 1. The van der Waals surface area contributed by atoms with E-state index in [0.717, 1.165) is 44.0 Å². The van der Waals surface area contributed by atoms with E-state index in [0.29, 0.717) is 6.42 Å². The lowest BCUT2D eigenvalue weighted by atomic mass is 10.1. The minimum atomic E-state index is 0.236. The van der Waals surface area contributed by atoms with Gasteiger partial charge < -0.3 is 15.0 Å². The van der Waals surface area contributed by atoms with Gasteiger partial charge in [0, 0.05) is 37.7 Å². The largest absolute Gasteiger partial charge is 0.493 e. The molecule has 0 aliphatic carbocycles. The van der Waals surface area contributed by atoms with Gasteiger partial charge in [-0.1, -0.05) is 24.3 Å². The van der Waals surface area contributed by atoms with Crippen LogP contribution in [0.1, 0.15) is 42.5 Å². The van der Waals surface area contributed by atoms with Gasteiger partial charge in [-0.15, -0.1) is 0 Å². The molecule has 2 aromatic rings. The minimum Gasteiger partial charge on any atom is -0.493 e. The summed E-state index contributed by atoms with van der Waals surface area (Å²) >= 11 is 0. The van der Waals surface area contributed by atoms with Crippen LogP contribution in [0.2, 0.25) is 0 Å². The van der Waals surface area contributed by atoms with Crippen LogP contribution in [0, 0.1) is 0 Å². The number of carbonyl (C=O) groups is 1. The molecule has 0 saturated carbocycles. The van der Waals surface area contributed by atoms with E-state index in [1.807, 2.05) is 4.90 Å². The summed E-state index contributed by atoms with van der Waals surface area (Å²) in [4.78, 5) is 13.7. The zero-order valence-electron chi connectivity index (χ0n) is 14.6. The summed E-state index contributed by atoms with van der Waals surface area (Å²) < 4.78 is 5.56. The molecular formula is C21H24N2O2. The number of anilines is 1. The Balaban J connectivity index is 1.37. The minimum absolute atomic E-state index is 0.236. The Hall–Kier alpha value is -2.33. The lowest BCUT2D eigenvalue weighted by Crippen LogP contribution is -2.23. The molecule has 1 fully saturated rings. The molecule has 2 aromatic carbocycles. The molecular weight excluding hydrogens is 312 g/mol. The number of benzene rings is 2. The average Bonchev–Trinajstić information content (AvgIpc) is 3.28. The standard InChI is InChI=1S/C21H24N2O2/c1-15(22-14-16-4-9-20-18(13-16)10-12-25-20)17-5-7-19(8-6-17)23-11-2-3-21(23)24/h4-9,13,15,22H,2-3,10-12,14H2,1H3. The van der Waals surface area contributed by atoms with Crippen molar-refractivity contribution in [3.63, 3.8) is 0 Å². The molecule has 130 valence electrons. The first kappa shape index (κ1) is 16.2. The summed E-state index contributed by atoms with van der Waals surface area (Å²) in [5.41, 5.74) is 4.85. The molecule has 25 heavy (non-hydrogen) atoms. The third-order valence-corrected chi connectivity index (χ3v) is 5.14. The average molecular weight is 336 g/mol. The van der Waals surface area contributed by atoms with Crippen LogP contribution in [0.4, 0.5) is 5.69 Å². The fourth-order valence-electron chi connectivity index (χ4n) is 3.60. The van der Waals surface area contributed by atoms with Crippen molar-refractivity contribution in [2.45, 2.75) is 38.8 Å². The van der Waals surface area contributed by atoms with E-state index in [4.69, 9.17) is 4.74 Å². The van der Waals surface area contributed by atoms with E-state index in [9.17, 15) is 4.79 Å². The van der Waals surface area contributed by atoms with Gasteiger partial charge in [0.2, 0.25) is 5.91 Å². The summed E-state index contributed by atoms with van der Waals surface area (Å²) in [5, 5.41) is 3.58. The normalized spacial score (nSPS) is 17.5. The zero-order valence-corrected chi connectivity index (χ0v) is 14.6. The van der Waals surface area contributed by atoms with Gasteiger partial charge in [0.25, 0.3) is 0 Å². The number of nitrogens with zero attached hydrogens (tertiary/aromatic N) is 1. The van der Waals surface area contributed by atoms with Crippen molar-refractivity contribution in [2.75, 3.05) is 18.1 Å². The van der Waals surface area contributed by atoms with Gasteiger partial charge in [-0.05, 0) is 48.2 Å². The molecule has 4 nitrogen and oxygen atoms in total. The second kappa shape index (κ2) is 6.89. The van der Waals surface area contributed by atoms with Crippen molar-refractivity contribution < 1.29 is 9.53 Å². The van der Waals surface area contributed by atoms with E-state index in [2.05, 4.69) is 54.7 Å². The van der Waals surface area contributed by atoms with Crippen molar-refractivity contribution in [3.05, 3.63) is 59.2 Å². The summed E-state index contributed by atoms with van der Waals surface area (Å²) in [7, 11) is 0. The van der Waals surface area contributed by atoms with Crippen LogP contribution in [0.25, 0.3) is 0 Å². The second-order valence-corrected chi connectivity index (χ2v) is 6.88. The highest BCUT2D eigenvalue weighted by atomic mass is 16.5. The first-order valence-corrected chi connectivity index (χ1v) is 9.09. The van der Waals surface area contributed by atoms with Crippen molar-refractivity contribution in [1.82, 2.24) is 5.32 Å². The van der Waals surface area contributed by atoms with Crippen LogP contribution in [-0.4, -0.2) is 19.1 Å². The Labute approximate surface area is 148 Å². The molecule has 1 unspecified atom stereocenters. The number of rotatable bonds is 5. The molecule has 2 aliphatic rings. The van der Waals surface area contributed by atoms with E-state index in [1.54, 1.807) is 0 Å². The summed E-state index contributed by atoms with van der Waals surface area (Å²) in [6.45, 7) is 4.65. The molecule has 2 heterocycles. The van der Waals surface area contributed by atoms with Gasteiger partial charge in [0.05, 0.1) is 6.61 Å². The Morgan fingerprint density at radius 1 is 1.16 bits per heavy atom. The van der Waals surface area contributed by atoms with E-state index >= 15 is 0 Å². The van der Waals surface area contributed by atoms with Crippen molar-refractivity contribution in [1.29, 1.82) is 0 Å². The number of nitrogens with one attached hydrogen (secondary N) is 1. The zero-order chi connectivity index (χ0) is 17.2. The Bertz CT molecular complexity index is 770. The van der Waals surface area contributed by atoms with Crippen LogP contribution < -0.4 is 15.0 Å². The third-order valence-electron chi connectivity index (χ3n) is 5.14. The quantitative estimate of drug-likeness (QED) is 0.907. The predicted octanol–water partition coefficient (Wildman–Crippen LogP) is 3.60. The maximum atomic E-state index is 11.8. The SMILES string of the molecule is CC(NCc1ccc2c(c1)CCO2)c1ccc(N2CCCC2=O)cc1. The molecule has 1 saturated heterocycles. The maximum Gasteiger partial charge on any atom is 0.227 e. The number of fused-ring (bicyclic) bond motifs is 1. The number of ether oxygens (including phenoxy) is 1. The monoisotopic (exact) mass is 336 g/mol. The van der Waals surface area contributed by atoms with Crippen LogP contribution >= 0.6 is 0 Å². The van der Waals surface area contributed by atoms with E-state index in [1.165, 1.54) is 16.7 Å². The Kier molecular flexibility index (Phi) is 4.45. The van der Waals surface area contributed by atoms with Crippen molar-refractivity contribution >= 4 is 11.6 Å². The van der Waals surface area contributed by atoms with Gasteiger partial charge in [-0.3, -0.25) is 4.79 Å². The maximum absolute atomic E-state index is 11.8. The van der Waals surface area contributed by atoms with Gasteiger partial charge in [0.1, 0.15) is 5.75 Å². The Morgan fingerprint density at radius 2 is 2.00 bits per heavy atom. The molecule has 0 aromatic heterocycles. The summed E-state index contributed by atoms with van der Waals surface area (Å²) in [6.07, 6.45) is 2.64. The molecule has 0 bridgehead atoms. The van der Waals surface area contributed by atoms with Crippen molar-refractivity contribution in [3.8, 4) is 5.75 Å². The van der Waals surface area contributed by atoms with Crippen LogP contribution in [0.15, 0.2) is 42.5 Å². The predicted molar refractivity (Wildman–Crippen MR) is 98.9 cm³/mol. The fraction of sp³-hybridized carbons (Fsp3) is 0.381. The summed E-state index contributed by atoms with van der Waals surface area (Å²) in [5.74, 6) is 1.27. The van der Waals surface area contributed by atoms with E-state index < -0.39 is 0 Å². The molecule has 0 spiro atoms. The second-order valence-electron chi connectivity index (χ2n) is 6.88. The van der Waals surface area contributed by atoms with Gasteiger partial charge >= 0.3 is 0 Å². The molecule has 4 rings (SSSR count). The van der Waals surface area contributed by atoms with Gasteiger partial charge in [-0.2, -0.15) is 0 Å². The lowest BCUT2D eigenvalue weighted by molar-refractivity contribution is -0.117. The molecule has 2 aliphatic heterocycles. The first-order valence-electron chi connectivity index (χ1n) is 9.09. The van der Waals surface area contributed by atoms with Crippen LogP contribution in [0.5, 0.6) is 5.75 Å². The summed E-state index contributed by atoms with van der Waals surface area (Å²) in [6, 6.07) is 15.1. The topological polar surface area (TPSA) is 41.6 Å². The molecule has 0 radical (unpaired) electrons. The molecule has 1 atom stereocenters. The van der Waals surface area contributed by atoms with Crippen LogP contribution in [0.3, 0.4) is 0 Å².